The maximum Gasteiger partial charge on any atom is 0.424 e. The predicted octanol–water partition coefficient (Wildman–Crippen LogP) is 3.56. The van der Waals surface area contributed by atoms with Crippen molar-refractivity contribution in [1.29, 1.82) is 0 Å². The topological polar surface area (TPSA) is 40.5 Å². The molecule has 0 aliphatic carbocycles. The van der Waals surface area contributed by atoms with Gasteiger partial charge >= 0.3 is 6.18 Å². The number of carbonyl (C=O) groups is 1. The van der Waals surface area contributed by atoms with E-state index >= 15 is 0 Å². The zero-order chi connectivity index (χ0) is 16.4. The van der Waals surface area contributed by atoms with Gasteiger partial charge in [-0.2, -0.15) is 13.2 Å². The number of carbonyl (C=O) groups excluding carboxylic acids is 1. The van der Waals surface area contributed by atoms with Crippen LogP contribution in [0, 0.1) is 0 Å². The van der Waals surface area contributed by atoms with E-state index in [-0.39, 0.29) is 5.56 Å². The summed E-state index contributed by atoms with van der Waals surface area (Å²) in [7, 11) is 0. The largest absolute Gasteiger partial charge is 0.424 e. The van der Waals surface area contributed by atoms with Gasteiger partial charge in [0.1, 0.15) is 0 Å². The number of rotatable bonds is 3. The summed E-state index contributed by atoms with van der Waals surface area (Å²) in [5, 5.41) is 9.44. The normalized spacial score (nSPS) is 19.4. The minimum absolute atomic E-state index is 0.138. The molecule has 1 N–H and O–H groups in total. The second kappa shape index (κ2) is 6.28. The molecule has 0 radical (unpaired) electrons. The molecule has 6 heteroatoms. The zero-order valence-electron chi connectivity index (χ0n) is 12.5. The summed E-state index contributed by atoms with van der Waals surface area (Å²) in [5.74, 6) is -1.33. The molecule has 1 unspecified atom stereocenters. The Morgan fingerprint density at radius 2 is 1.55 bits per heavy atom. The van der Waals surface area contributed by atoms with Crippen molar-refractivity contribution in [1.82, 2.24) is 0 Å². The molecule has 1 heterocycles. The molecule has 0 spiro atoms. The van der Waals surface area contributed by atoms with Crippen LogP contribution in [0.4, 0.5) is 18.9 Å². The summed E-state index contributed by atoms with van der Waals surface area (Å²) in [4.78, 5) is 14.0. The van der Waals surface area contributed by atoms with Crippen LogP contribution in [-0.4, -0.2) is 35.8 Å². The summed E-state index contributed by atoms with van der Waals surface area (Å²) in [5.41, 5.74) is -2.61. The van der Waals surface area contributed by atoms with Crippen LogP contribution in [-0.2, 0) is 0 Å². The van der Waals surface area contributed by atoms with E-state index in [2.05, 4.69) is 4.90 Å². The van der Waals surface area contributed by atoms with Crippen molar-refractivity contribution in [2.45, 2.75) is 44.4 Å². The minimum atomic E-state index is -4.99. The van der Waals surface area contributed by atoms with E-state index in [0.29, 0.717) is 6.92 Å². The lowest BCUT2D eigenvalue weighted by Crippen LogP contribution is -2.49. The third-order valence-electron chi connectivity index (χ3n) is 4.09. The summed E-state index contributed by atoms with van der Waals surface area (Å²) in [6.45, 7) is 2.30. The van der Waals surface area contributed by atoms with E-state index in [9.17, 15) is 23.1 Å². The Hall–Kier alpha value is -1.56. The molecule has 122 valence electrons. The van der Waals surface area contributed by atoms with Crippen molar-refractivity contribution >= 4 is 11.5 Å². The lowest BCUT2D eigenvalue weighted by molar-refractivity contribution is -0.229. The number of alkyl halides is 3. The van der Waals surface area contributed by atoms with Gasteiger partial charge < -0.3 is 10.0 Å². The van der Waals surface area contributed by atoms with Crippen LogP contribution in [0.3, 0.4) is 0 Å². The van der Waals surface area contributed by atoms with Crippen molar-refractivity contribution in [2.75, 3.05) is 18.0 Å². The highest BCUT2D eigenvalue weighted by Crippen LogP contribution is 2.33. The first kappa shape index (κ1) is 16.8. The van der Waals surface area contributed by atoms with E-state index in [0.717, 1.165) is 31.6 Å². The Bertz CT molecular complexity index is 515. The van der Waals surface area contributed by atoms with Crippen LogP contribution in [0.1, 0.15) is 43.0 Å². The predicted molar refractivity (Wildman–Crippen MR) is 78.1 cm³/mol. The second-order valence-corrected chi connectivity index (χ2v) is 5.85. The Morgan fingerprint density at radius 1 is 1.05 bits per heavy atom. The molecule has 1 atom stereocenters. The molecule has 1 aliphatic rings. The number of halogens is 3. The highest BCUT2D eigenvalue weighted by atomic mass is 19.4. The van der Waals surface area contributed by atoms with E-state index in [4.69, 9.17) is 0 Å². The number of hydrogen-bond acceptors (Lipinski definition) is 3. The minimum Gasteiger partial charge on any atom is -0.374 e. The zero-order valence-corrected chi connectivity index (χ0v) is 12.5. The quantitative estimate of drug-likeness (QED) is 0.867. The van der Waals surface area contributed by atoms with Crippen LogP contribution in [0.2, 0.25) is 0 Å². The van der Waals surface area contributed by atoms with Gasteiger partial charge in [0.15, 0.2) is 0 Å². The van der Waals surface area contributed by atoms with Gasteiger partial charge in [0.05, 0.1) is 0 Å². The van der Waals surface area contributed by atoms with E-state index in [1.165, 1.54) is 25.0 Å². The number of benzene rings is 1. The van der Waals surface area contributed by atoms with Crippen LogP contribution >= 0.6 is 0 Å². The molecule has 2 rings (SSSR count). The highest BCUT2D eigenvalue weighted by molar-refractivity contribution is 6.02. The smallest absolute Gasteiger partial charge is 0.374 e. The Balaban J connectivity index is 2.16. The van der Waals surface area contributed by atoms with Gasteiger partial charge in [-0.25, -0.2) is 0 Å². The Kier molecular flexibility index (Phi) is 4.80. The fourth-order valence-corrected chi connectivity index (χ4v) is 2.56. The monoisotopic (exact) mass is 315 g/mol. The van der Waals surface area contributed by atoms with E-state index < -0.39 is 17.6 Å². The van der Waals surface area contributed by atoms with Crippen LogP contribution in [0.5, 0.6) is 0 Å². The van der Waals surface area contributed by atoms with Crippen molar-refractivity contribution < 1.29 is 23.1 Å². The number of anilines is 1. The molecule has 1 aromatic rings. The summed E-state index contributed by atoms with van der Waals surface area (Å²) in [6.07, 6.45) is -0.455. The van der Waals surface area contributed by atoms with Crippen molar-refractivity contribution in [3.8, 4) is 0 Å². The maximum atomic E-state index is 12.7. The molecule has 0 saturated carbocycles. The SMILES string of the molecule is CC(O)(C(=O)c1ccc(N2CCCCCC2)cc1)C(F)(F)F. The standard InChI is InChI=1S/C16H20F3NO2/c1-15(22,16(17,18)19)14(21)12-6-8-13(9-7-12)20-10-4-2-3-5-11-20/h6-9,22H,2-5,10-11H2,1H3. The van der Waals surface area contributed by atoms with Crippen molar-refractivity contribution in [3.05, 3.63) is 29.8 Å². The number of hydrogen-bond donors (Lipinski definition) is 1. The first-order valence-electron chi connectivity index (χ1n) is 7.42. The average molecular weight is 315 g/mol. The third kappa shape index (κ3) is 3.43. The van der Waals surface area contributed by atoms with Gasteiger partial charge in [0, 0.05) is 24.3 Å². The van der Waals surface area contributed by atoms with Gasteiger partial charge in [0.2, 0.25) is 11.4 Å². The Labute approximate surface area is 127 Å². The first-order chi connectivity index (χ1) is 10.2. The molecule has 1 fully saturated rings. The van der Waals surface area contributed by atoms with Crippen LogP contribution in [0.15, 0.2) is 24.3 Å². The fourth-order valence-electron chi connectivity index (χ4n) is 2.56. The number of aliphatic hydroxyl groups is 1. The molecule has 0 aromatic heterocycles. The summed E-state index contributed by atoms with van der Waals surface area (Å²) in [6, 6.07) is 5.99. The number of nitrogens with zero attached hydrogens (tertiary/aromatic N) is 1. The second-order valence-electron chi connectivity index (χ2n) is 5.85. The van der Waals surface area contributed by atoms with E-state index in [1.54, 1.807) is 12.1 Å². The summed E-state index contributed by atoms with van der Waals surface area (Å²) >= 11 is 0. The van der Waals surface area contributed by atoms with Gasteiger partial charge in [-0.3, -0.25) is 4.79 Å². The Morgan fingerprint density at radius 3 is 2.00 bits per heavy atom. The average Bonchev–Trinajstić information content (AvgIpc) is 2.74. The van der Waals surface area contributed by atoms with Crippen LogP contribution < -0.4 is 4.90 Å². The molecule has 0 bridgehead atoms. The molecular formula is C16H20F3NO2. The van der Waals surface area contributed by atoms with Gasteiger partial charge in [-0.15, -0.1) is 0 Å². The molecular weight excluding hydrogens is 295 g/mol. The fraction of sp³-hybridized carbons (Fsp3) is 0.562. The molecule has 22 heavy (non-hydrogen) atoms. The lowest BCUT2D eigenvalue weighted by Gasteiger charge is -2.25. The number of ketones is 1. The van der Waals surface area contributed by atoms with Gasteiger partial charge in [-0.05, 0) is 44.0 Å². The molecule has 1 aliphatic heterocycles. The first-order valence-corrected chi connectivity index (χ1v) is 7.42. The third-order valence-corrected chi connectivity index (χ3v) is 4.09. The molecule has 1 saturated heterocycles. The lowest BCUT2D eigenvalue weighted by atomic mass is 9.94. The van der Waals surface area contributed by atoms with Gasteiger partial charge in [0.25, 0.3) is 0 Å². The van der Waals surface area contributed by atoms with Crippen molar-refractivity contribution in [2.24, 2.45) is 0 Å². The molecule has 0 amide bonds. The van der Waals surface area contributed by atoms with Crippen LogP contribution in [0.25, 0.3) is 0 Å². The van der Waals surface area contributed by atoms with Gasteiger partial charge in [-0.1, -0.05) is 12.8 Å². The number of Topliss-reactive ketones (excluding diaryl/α,β-unsaturated/α-hetero) is 1. The van der Waals surface area contributed by atoms with E-state index in [1.807, 2.05) is 0 Å². The molecule has 3 nitrogen and oxygen atoms in total. The maximum absolute atomic E-state index is 12.7. The van der Waals surface area contributed by atoms with Crippen molar-refractivity contribution in [3.63, 3.8) is 0 Å². The molecule has 1 aromatic carbocycles. The summed E-state index contributed by atoms with van der Waals surface area (Å²) < 4.78 is 38.1. The highest BCUT2D eigenvalue weighted by Gasteiger charge is 2.55.